The van der Waals surface area contributed by atoms with Crippen LogP contribution in [-0.2, 0) is 9.59 Å². The fraction of sp³-hybridized carbons (Fsp3) is 0.583. The molecule has 0 aliphatic carbocycles. The average Bonchev–Trinajstić information content (AvgIpc) is 2.82. The van der Waals surface area contributed by atoms with Gasteiger partial charge >= 0.3 is 0 Å². The molecule has 1 aliphatic rings. The van der Waals surface area contributed by atoms with E-state index in [0.29, 0.717) is 24.6 Å². The second-order valence-corrected chi connectivity index (χ2v) is 5.77. The maximum atomic E-state index is 11.9. The minimum absolute atomic E-state index is 0.0448. The molecule has 0 bridgehead atoms. The van der Waals surface area contributed by atoms with E-state index in [9.17, 15) is 9.59 Å². The van der Waals surface area contributed by atoms with Gasteiger partial charge in [-0.05, 0) is 19.8 Å². The number of carbonyl (C=O) groups excluding carboxylic acids is 2. The maximum absolute atomic E-state index is 11.9. The number of carbonyl (C=O) groups is 2. The fourth-order valence-corrected chi connectivity index (χ4v) is 2.67. The van der Waals surface area contributed by atoms with Crippen LogP contribution in [0.1, 0.15) is 24.6 Å². The van der Waals surface area contributed by atoms with Crippen LogP contribution in [0.5, 0.6) is 0 Å². The molecule has 1 fully saturated rings. The number of anilines is 1. The third-order valence-electron chi connectivity index (χ3n) is 3.11. The van der Waals surface area contributed by atoms with Crippen molar-refractivity contribution in [2.75, 3.05) is 17.2 Å². The van der Waals surface area contributed by atoms with Gasteiger partial charge in [0.15, 0.2) is 5.12 Å². The number of hydrogen-bond donors (Lipinski definition) is 0. The second kappa shape index (κ2) is 5.14. The van der Waals surface area contributed by atoms with Gasteiger partial charge in [0.25, 0.3) is 0 Å². The van der Waals surface area contributed by atoms with Gasteiger partial charge in [0, 0.05) is 31.2 Å². The number of thioether (sulfide) groups is 1. The molecule has 1 atom stereocenters. The topological polar surface area (TPSA) is 63.4 Å². The number of aryl methyl sites for hydroxylation is 1. The number of hydrogen-bond acceptors (Lipinski definition) is 5. The largest absolute Gasteiger partial charge is 0.338 e. The summed E-state index contributed by atoms with van der Waals surface area (Å²) in [6.07, 6.45) is 0.472. The van der Waals surface area contributed by atoms with E-state index in [-0.39, 0.29) is 16.9 Å². The van der Waals surface area contributed by atoms with Crippen LogP contribution in [0.25, 0.3) is 0 Å². The van der Waals surface area contributed by atoms with Gasteiger partial charge in [-0.3, -0.25) is 14.5 Å². The van der Waals surface area contributed by atoms with E-state index in [1.165, 1.54) is 11.8 Å². The summed E-state index contributed by atoms with van der Waals surface area (Å²) in [6.45, 7) is 5.90. The van der Waals surface area contributed by atoms with E-state index in [0.717, 1.165) is 11.3 Å². The molecule has 1 aromatic rings. The molecule has 1 aliphatic heterocycles. The Balaban J connectivity index is 2.05. The van der Waals surface area contributed by atoms with Gasteiger partial charge in [-0.2, -0.15) is 0 Å². The van der Waals surface area contributed by atoms with Crippen molar-refractivity contribution in [1.29, 1.82) is 0 Å². The number of rotatable bonds is 3. The van der Waals surface area contributed by atoms with E-state index >= 15 is 0 Å². The maximum Gasteiger partial charge on any atom is 0.237 e. The lowest BCUT2D eigenvalue weighted by Crippen LogP contribution is -2.25. The normalized spacial score (nSPS) is 19.6. The van der Waals surface area contributed by atoms with Crippen molar-refractivity contribution in [3.63, 3.8) is 0 Å². The van der Waals surface area contributed by atoms with Gasteiger partial charge in [-0.15, -0.1) is 0 Å². The van der Waals surface area contributed by atoms with Crippen LogP contribution in [0.2, 0.25) is 0 Å². The van der Waals surface area contributed by atoms with Gasteiger partial charge < -0.3 is 4.52 Å². The Morgan fingerprint density at radius 1 is 1.56 bits per heavy atom. The summed E-state index contributed by atoms with van der Waals surface area (Å²) >= 11 is 1.27. The fourth-order valence-electron chi connectivity index (χ4n) is 1.98. The molecule has 0 saturated carbocycles. The van der Waals surface area contributed by atoms with Gasteiger partial charge in [-0.1, -0.05) is 16.9 Å². The molecule has 0 aromatic carbocycles. The van der Waals surface area contributed by atoms with E-state index in [2.05, 4.69) is 5.16 Å². The highest BCUT2D eigenvalue weighted by Gasteiger charge is 2.34. The summed E-state index contributed by atoms with van der Waals surface area (Å²) in [7, 11) is 0. The van der Waals surface area contributed by atoms with Crippen LogP contribution >= 0.6 is 11.8 Å². The van der Waals surface area contributed by atoms with Gasteiger partial charge in [-0.25, -0.2) is 0 Å². The molecular weight excluding hydrogens is 252 g/mol. The Morgan fingerprint density at radius 2 is 2.28 bits per heavy atom. The summed E-state index contributed by atoms with van der Waals surface area (Å²) in [6, 6.07) is 0. The van der Waals surface area contributed by atoms with Crippen LogP contribution in [0.3, 0.4) is 0 Å². The zero-order chi connectivity index (χ0) is 13.3. The van der Waals surface area contributed by atoms with Crippen LogP contribution in [-0.4, -0.2) is 28.5 Å². The van der Waals surface area contributed by atoms with Crippen LogP contribution in [0, 0.1) is 19.8 Å². The van der Waals surface area contributed by atoms with Crippen molar-refractivity contribution in [1.82, 2.24) is 5.16 Å². The minimum atomic E-state index is 0.0448. The Morgan fingerprint density at radius 3 is 2.83 bits per heavy atom. The van der Waals surface area contributed by atoms with E-state index < -0.39 is 0 Å². The zero-order valence-electron chi connectivity index (χ0n) is 10.7. The summed E-state index contributed by atoms with van der Waals surface area (Å²) in [5.74, 6) is 1.48. The lowest BCUT2D eigenvalue weighted by atomic mass is 10.1. The first-order valence-electron chi connectivity index (χ1n) is 5.85. The third-order valence-corrected chi connectivity index (χ3v) is 4.15. The molecule has 6 heteroatoms. The summed E-state index contributed by atoms with van der Waals surface area (Å²) in [4.78, 5) is 24.5. The van der Waals surface area contributed by atoms with Crippen LogP contribution in [0.15, 0.2) is 4.52 Å². The van der Waals surface area contributed by atoms with E-state index in [4.69, 9.17) is 4.52 Å². The van der Waals surface area contributed by atoms with Crippen molar-refractivity contribution in [3.05, 3.63) is 11.3 Å². The first-order chi connectivity index (χ1) is 8.49. The molecule has 2 heterocycles. The Labute approximate surface area is 110 Å². The van der Waals surface area contributed by atoms with Crippen LogP contribution in [0.4, 0.5) is 5.88 Å². The van der Waals surface area contributed by atoms with Gasteiger partial charge in [0.2, 0.25) is 11.8 Å². The lowest BCUT2D eigenvalue weighted by Gasteiger charge is -2.13. The van der Waals surface area contributed by atoms with E-state index in [1.807, 2.05) is 13.8 Å². The molecule has 1 unspecified atom stereocenters. The van der Waals surface area contributed by atoms with Gasteiger partial charge in [0.1, 0.15) is 0 Å². The third kappa shape index (κ3) is 2.58. The molecule has 1 saturated heterocycles. The Kier molecular flexibility index (Phi) is 3.75. The highest BCUT2D eigenvalue weighted by molar-refractivity contribution is 8.13. The highest BCUT2D eigenvalue weighted by atomic mass is 32.2. The zero-order valence-corrected chi connectivity index (χ0v) is 11.5. The molecule has 2 rings (SSSR count). The van der Waals surface area contributed by atoms with E-state index in [1.54, 1.807) is 11.8 Å². The molecule has 1 amide bonds. The summed E-state index contributed by atoms with van der Waals surface area (Å²) in [5.41, 5.74) is 1.71. The van der Waals surface area contributed by atoms with Gasteiger partial charge in [0.05, 0.1) is 5.69 Å². The van der Waals surface area contributed by atoms with Crippen molar-refractivity contribution in [2.24, 2.45) is 5.92 Å². The molecule has 1 aromatic heterocycles. The predicted octanol–water partition coefficient (Wildman–Crippen LogP) is 1.92. The Bertz CT molecular complexity index is 484. The smallest absolute Gasteiger partial charge is 0.237 e. The molecule has 98 valence electrons. The molecule has 0 radical (unpaired) electrons. The standard InChI is InChI=1S/C12H16N2O3S/c1-7-8(2)13-17-12(7)14-5-10(4-11(14)16)6-18-9(3)15/h10H,4-6H2,1-3H3. The van der Waals surface area contributed by atoms with Crippen molar-refractivity contribution in [3.8, 4) is 0 Å². The van der Waals surface area contributed by atoms with Crippen molar-refractivity contribution < 1.29 is 14.1 Å². The molecule has 0 spiro atoms. The quantitative estimate of drug-likeness (QED) is 0.838. The number of aromatic nitrogens is 1. The second-order valence-electron chi connectivity index (χ2n) is 4.58. The summed E-state index contributed by atoms with van der Waals surface area (Å²) in [5, 5.41) is 3.96. The predicted molar refractivity (Wildman–Crippen MR) is 69.6 cm³/mol. The van der Waals surface area contributed by atoms with Crippen molar-refractivity contribution in [2.45, 2.75) is 27.2 Å². The monoisotopic (exact) mass is 268 g/mol. The number of amides is 1. The molecule has 18 heavy (non-hydrogen) atoms. The number of nitrogens with zero attached hydrogens (tertiary/aromatic N) is 2. The molecule has 5 nitrogen and oxygen atoms in total. The lowest BCUT2D eigenvalue weighted by molar-refractivity contribution is -0.117. The SMILES string of the molecule is CC(=O)SCC1CC(=O)N(c2onc(C)c2C)C1. The summed E-state index contributed by atoms with van der Waals surface area (Å²) < 4.78 is 5.20. The Hall–Kier alpha value is -1.30. The average molecular weight is 268 g/mol. The minimum Gasteiger partial charge on any atom is -0.338 e. The van der Waals surface area contributed by atoms with Crippen molar-refractivity contribution >= 4 is 28.7 Å². The first-order valence-corrected chi connectivity index (χ1v) is 6.84. The highest BCUT2D eigenvalue weighted by Crippen LogP contribution is 2.30. The molecular formula is C12H16N2O3S. The molecule has 0 N–H and O–H groups in total. The van der Waals surface area contributed by atoms with Crippen LogP contribution < -0.4 is 4.90 Å². The first kappa shape index (κ1) is 13.1.